The second kappa shape index (κ2) is 3.65. The van der Waals surface area contributed by atoms with Gasteiger partial charge in [-0.2, -0.15) is 0 Å². The van der Waals surface area contributed by atoms with Crippen LogP contribution in [-0.2, 0) is 0 Å². The number of Topliss-reactive ketones (excluding diaryl/α,β-unsaturated/α-hetero) is 2. The zero-order chi connectivity index (χ0) is 10.9. The van der Waals surface area contributed by atoms with Crippen LogP contribution in [0, 0.1) is 13.8 Å². The number of ketones is 2. The first-order valence-electron chi connectivity index (χ1n) is 4.30. The van der Waals surface area contributed by atoms with Gasteiger partial charge >= 0.3 is 0 Å². The van der Waals surface area contributed by atoms with Gasteiger partial charge in [0, 0.05) is 13.8 Å². The van der Waals surface area contributed by atoms with E-state index >= 15 is 0 Å². The zero-order valence-electron chi connectivity index (χ0n) is 8.71. The summed E-state index contributed by atoms with van der Waals surface area (Å²) in [7, 11) is 0. The first-order valence-corrected chi connectivity index (χ1v) is 4.30. The van der Waals surface area contributed by atoms with Crippen molar-refractivity contribution < 1.29 is 9.59 Å². The van der Waals surface area contributed by atoms with Crippen LogP contribution in [0.2, 0.25) is 0 Å². The van der Waals surface area contributed by atoms with Gasteiger partial charge in [-0.15, -0.1) is 0 Å². The largest absolute Gasteiger partial charge is 0.293 e. The van der Waals surface area contributed by atoms with Gasteiger partial charge in [-0.1, -0.05) is 0 Å². The Kier molecular flexibility index (Phi) is 2.74. The molecule has 0 radical (unpaired) electrons. The van der Waals surface area contributed by atoms with Crippen molar-refractivity contribution in [3.8, 4) is 0 Å². The minimum Gasteiger partial charge on any atom is -0.293 e. The summed E-state index contributed by atoms with van der Waals surface area (Å²) in [5, 5.41) is 0. The summed E-state index contributed by atoms with van der Waals surface area (Å²) >= 11 is 0. The van der Waals surface area contributed by atoms with Gasteiger partial charge in [0.05, 0.1) is 11.4 Å². The lowest BCUT2D eigenvalue weighted by Crippen LogP contribution is -2.12. The third-order valence-corrected chi connectivity index (χ3v) is 1.97. The summed E-state index contributed by atoms with van der Waals surface area (Å²) in [5.41, 5.74) is 1.70. The van der Waals surface area contributed by atoms with Gasteiger partial charge in [0.1, 0.15) is 11.4 Å². The van der Waals surface area contributed by atoms with Crippen molar-refractivity contribution in [1.29, 1.82) is 0 Å². The van der Waals surface area contributed by atoms with E-state index in [0.717, 1.165) is 0 Å². The summed E-state index contributed by atoms with van der Waals surface area (Å²) in [6.45, 7) is 6.29. The maximum atomic E-state index is 11.2. The van der Waals surface area contributed by atoms with E-state index < -0.39 is 0 Å². The van der Waals surface area contributed by atoms with Crippen LogP contribution >= 0.6 is 0 Å². The topological polar surface area (TPSA) is 59.9 Å². The number of rotatable bonds is 2. The van der Waals surface area contributed by atoms with E-state index in [1.807, 2.05) is 0 Å². The second-order valence-corrected chi connectivity index (χ2v) is 3.20. The van der Waals surface area contributed by atoms with Crippen LogP contribution in [0.4, 0.5) is 0 Å². The molecular formula is C10H12N2O2. The van der Waals surface area contributed by atoms with Crippen LogP contribution in [0.1, 0.15) is 46.2 Å². The number of hydrogen-bond donors (Lipinski definition) is 0. The molecular weight excluding hydrogens is 180 g/mol. The Bertz CT molecular complexity index is 372. The molecule has 1 aromatic rings. The Balaban J connectivity index is 3.46. The quantitative estimate of drug-likeness (QED) is 0.666. The van der Waals surface area contributed by atoms with Crippen molar-refractivity contribution >= 4 is 11.6 Å². The Labute approximate surface area is 82.4 Å². The SMILES string of the molecule is CC(=O)c1nc(C)c(C)nc1C(C)=O. The van der Waals surface area contributed by atoms with E-state index in [0.29, 0.717) is 11.4 Å². The molecule has 74 valence electrons. The first-order chi connectivity index (χ1) is 6.43. The molecule has 0 bridgehead atoms. The minimum atomic E-state index is -0.231. The summed E-state index contributed by atoms with van der Waals surface area (Å²) < 4.78 is 0. The molecule has 0 aromatic carbocycles. The normalized spacial score (nSPS) is 10.0. The number of carbonyl (C=O) groups is 2. The number of nitrogens with zero attached hydrogens (tertiary/aromatic N) is 2. The van der Waals surface area contributed by atoms with Crippen LogP contribution in [0.25, 0.3) is 0 Å². The molecule has 1 aromatic heterocycles. The molecule has 14 heavy (non-hydrogen) atoms. The van der Waals surface area contributed by atoms with E-state index in [-0.39, 0.29) is 23.0 Å². The first kappa shape index (κ1) is 10.5. The molecule has 0 aliphatic carbocycles. The fraction of sp³-hybridized carbons (Fsp3) is 0.400. The van der Waals surface area contributed by atoms with Gasteiger partial charge in [0.2, 0.25) is 0 Å². The molecule has 0 atom stereocenters. The highest BCUT2D eigenvalue weighted by Crippen LogP contribution is 2.09. The Morgan fingerprint density at radius 3 is 1.36 bits per heavy atom. The molecule has 0 saturated carbocycles. The van der Waals surface area contributed by atoms with Crippen molar-refractivity contribution in [2.24, 2.45) is 0 Å². The van der Waals surface area contributed by atoms with Crippen molar-refractivity contribution in [2.75, 3.05) is 0 Å². The number of carbonyl (C=O) groups excluding carboxylic acids is 2. The lowest BCUT2D eigenvalue weighted by Gasteiger charge is -2.05. The van der Waals surface area contributed by atoms with Crippen molar-refractivity contribution in [1.82, 2.24) is 9.97 Å². The zero-order valence-corrected chi connectivity index (χ0v) is 8.71. The number of aromatic nitrogens is 2. The molecule has 0 amide bonds. The minimum absolute atomic E-state index is 0.167. The molecule has 1 rings (SSSR count). The molecule has 0 spiro atoms. The smallest absolute Gasteiger partial charge is 0.180 e. The number of aryl methyl sites for hydroxylation is 2. The predicted molar refractivity (Wildman–Crippen MR) is 51.5 cm³/mol. The third-order valence-electron chi connectivity index (χ3n) is 1.97. The molecule has 0 aliphatic rings. The third kappa shape index (κ3) is 1.84. The summed E-state index contributed by atoms with van der Waals surface area (Å²) in [6, 6.07) is 0. The van der Waals surface area contributed by atoms with E-state index in [2.05, 4.69) is 9.97 Å². The summed E-state index contributed by atoms with van der Waals surface area (Å²) in [5.74, 6) is -0.461. The molecule has 4 heteroatoms. The van der Waals surface area contributed by atoms with E-state index in [1.165, 1.54) is 13.8 Å². The molecule has 1 heterocycles. The van der Waals surface area contributed by atoms with Crippen molar-refractivity contribution in [3.63, 3.8) is 0 Å². The maximum Gasteiger partial charge on any atom is 0.180 e. The van der Waals surface area contributed by atoms with Gasteiger partial charge in [-0.3, -0.25) is 9.59 Å². The molecule has 4 nitrogen and oxygen atoms in total. The average molecular weight is 192 g/mol. The van der Waals surface area contributed by atoms with Crippen LogP contribution < -0.4 is 0 Å². The maximum absolute atomic E-state index is 11.2. The monoisotopic (exact) mass is 192 g/mol. The lowest BCUT2D eigenvalue weighted by molar-refractivity contribution is 0.0972. The van der Waals surface area contributed by atoms with Crippen LogP contribution in [0.5, 0.6) is 0 Å². The van der Waals surface area contributed by atoms with Crippen LogP contribution in [0.15, 0.2) is 0 Å². The molecule has 0 fully saturated rings. The predicted octanol–water partition coefficient (Wildman–Crippen LogP) is 1.50. The fourth-order valence-electron chi connectivity index (χ4n) is 1.09. The highest BCUT2D eigenvalue weighted by Gasteiger charge is 2.16. The molecule has 0 N–H and O–H groups in total. The van der Waals surface area contributed by atoms with Crippen LogP contribution in [-0.4, -0.2) is 21.5 Å². The molecule has 0 unspecified atom stereocenters. The van der Waals surface area contributed by atoms with Gasteiger partial charge < -0.3 is 0 Å². The Hall–Kier alpha value is -1.58. The van der Waals surface area contributed by atoms with Crippen LogP contribution in [0.3, 0.4) is 0 Å². The van der Waals surface area contributed by atoms with E-state index in [9.17, 15) is 9.59 Å². The van der Waals surface area contributed by atoms with Gasteiger partial charge in [0.15, 0.2) is 11.6 Å². The van der Waals surface area contributed by atoms with Gasteiger partial charge in [-0.05, 0) is 13.8 Å². The molecule has 0 aliphatic heterocycles. The Morgan fingerprint density at radius 2 is 1.14 bits per heavy atom. The van der Waals surface area contributed by atoms with Gasteiger partial charge in [-0.25, -0.2) is 9.97 Å². The number of hydrogen-bond acceptors (Lipinski definition) is 4. The second-order valence-electron chi connectivity index (χ2n) is 3.20. The summed E-state index contributed by atoms with van der Waals surface area (Å²) in [6.07, 6.45) is 0. The van der Waals surface area contributed by atoms with E-state index in [4.69, 9.17) is 0 Å². The highest BCUT2D eigenvalue weighted by atomic mass is 16.1. The van der Waals surface area contributed by atoms with Gasteiger partial charge in [0.25, 0.3) is 0 Å². The summed E-state index contributed by atoms with van der Waals surface area (Å²) in [4.78, 5) is 30.5. The average Bonchev–Trinajstić information content (AvgIpc) is 2.08. The fourth-order valence-corrected chi connectivity index (χ4v) is 1.09. The highest BCUT2D eigenvalue weighted by molar-refractivity contribution is 6.04. The standard InChI is InChI=1S/C10H12N2O2/c1-5-6(2)12-10(8(4)14)9(11-5)7(3)13/h1-4H3. The van der Waals surface area contributed by atoms with E-state index in [1.54, 1.807) is 13.8 Å². The van der Waals surface area contributed by atoms with Crippen molar-refractivity contribution in [2.45, 2.75) is 27.7 Å². The Morgan fingerprint density at radius 1 is 0.857 bits per heavy atom. The van der Waals surface area contributed by atoms with Crippen molar-refractivity contribution in [3.05, 3.63) is 22.8 Å². The molecule has 0 saturated heterocycles. The lowest BCUT2D eigenvalue weighted by atomic mass is 10.1.